The molecule has 3 nitrogen and oxygen atoms in total. The lowest BCUT2D eigenvalue weighted by Gasteiger charge is -2.23. The molecule has 0 aliphatic carbocycles. The number of hydrogen-bond donors (Lipinski definition) is 2. The van der Waals surface area contributed by atoms with Crippen molar-refractivity contribution in [2.75, 3.05) is 25.5 Å². The second-order valence-electron chi connectivity index (χ2n) is 3.84. The highest BCUT2D eigenvalue weighted by Gasteiger charge is 2.13. The minimum Gasteiger partial charge on any atom is -0.490 e. The van der Waals surface area contributed by atoms with Gasteiger partial charge in [-0.05, 0) is 50.2 Å². The van der Waals surface area contributed by atoms with E-state index in [-0.39, 0.29) is 0 Å². The van der Waals surface area contributed by atoms with Crippen LogP contribution >= 0.6 is 0 Å². The number of piperidine rings is 1. The molecule has 0 unspecified atom stereocenters. The van der Waals surface area contributed by atoms with Gasteiger partial charge in [-0.1, -0.05) is 0 Å². The van der Waals surface area contributed by atoms with Gasteiger partial charge in [-0.3, -0.25) is 0 Å². The summed E-state index contributed by atoms with van der Waals surface area (Å²) >= 11 is 0. The summed E-state index contributed by atoms with van der Waals surface area (Å²) in [5.41, 5.74) is 1.12. The molecule has 1 aliphatic rings. The Hall–Kier alpha value is -1.22. The number of hydrogen-bond acceptors (Lipinski definition) is 3. The van der Waals surface area contributed by atoms with E-state index < -0.39 is 0 Å². The standard InChI is InChI=1S/C12H18N2O/c1-13-10-2-4-11(5-3-10)15-12-6-8-14-9-7-12/h2-5,12-14H,6-9H2,1H3. The Kier molecular flexibility index (Phi) is 3.45. The molecule has 0 atom stereocenters. The molecule has 1 saturated heterocycles. The summed E-state index contributed by atoms with van der Waals surface area (Å²) in [4.78, 5) is 0. The molecule has 0 saturated carbocycles. The van der Waals surface area contributed by atoms with Gasteiger partial charge in [0.25, 0.3) is 0 Å². The third kappa shape index (κ3) is 2.86. The Labute approximate surface area is 90.8 Å². The zero-order valence-electron chi connectivity index (χ0n) is 9.12. The first-order valence-electron chi connectivity index (χ1n) is 5.53. The van der Waals surface area contributed by atoms with Crippen molar-refractivity contribution in [3.8, 4) is 5.75 Å². The molecule has 0 spiro atoms. The predicted molar refractivity (Wildman–Crippen MR) is 62.5 cm³/mol. The molecule has 0 radical (unpaired) electrons. The summed E-state index contributed by atoms with van der Waals surface area (Å²) in [6.07, 6.45) is 2.59. The van der Waals surface area contributed by atoms with E-state index >= 15 is 0 Å². The van der Waals surface area contributed by atoms with Gasteiger partial charge in [-0.25, -0.2) is 0 Å². The zero-order chi connectivity index (χ0) is 10.5. The molecule has 1 aromatic rings. The lowest BCUT2D eigenvalue weighted by atomic mass is 10.1. The summed E-state index contributed by atoms with van der Waals surface area (Å²) in [7, 11) is 1.92. The third-order valence-corrected chi connectivity index (χ3v) is 2.73. The third-order valence-electron chi connectivity index (χ3n) is 2.73. The van der Waals surface area contributed by atoms with Crippen LogP contribution in [0.5, 0.6) is 5.75 Å². The molecule has 1 fully saturated rings. The highest BCUT2D eigenvalue weighted by atomic mass is 16.5. The smallest absolute Gasteiger partial charge is 0.119 e. The quantitative estimate of drug-likeness (QED) is 0.792. The van der Waals surface area contributed by atoms with Crippen molar-refractivity contribution >= 4 is 5.69 Å². The second-order valence-corrected chi connectivity index (χ2v) is 3.84. The Morgan fingerprint density at radius 3 is 2.47 bits per heavy atom. The average molecular weight is 206 g/mol. The first kappa shape index (κ1) is 10.3. The SMILES string of the molecule is CNc1ccc(OC2CCNCC2)cc1. The van der Waals surface area contributed by atoms with E-state index in [9.17, 15) is 0 Å². The van der Waals surface area contributed by atoms with Crippen LogP contribution < -0.4 is 15.4 Å². The summed E-state index contributed by atoms with van der Waals surface area (Å²) in [6.45, 7) is 2.14. The van der Waals surface area contributed by atoms with Crippen LogP contribution in [0.2, 0.25) is 0 Å². The van der Waals surface area contributed by atoms with Crippen molar-refractivity contribution in [2.24, 2.45) is 0 Å². The van der Waals surface area contributed by atoms with Crippen molar-refractivity contribution in [1.29, 1.82) is 0 Å². The average Bonchev–Trinajstić information content (AvgIpc) is 2.31. The Morgan fingerprint density at radius 2 is 1.87 bits per heavy atom. The molecule has 15 heavy (non-hydrogen) atoms. The normalized spacial score (nSPS) is 17.4. The lowest BCUT2D eigenvalue weighted by Crippen LogP contribution is -2.34. The maximum Gasteiger partial charge on any atom is 0.119 e. The maximum atomic E-state index is 5.89. The van der Waals surface area contributed by atoms with E-state index in [1.165, 1.54) is 0 Å². The molecule has 1 heterocycles. The summed E-state index contributed by atoms with van der Waals surface area (Å²) in [5, 5.41) is 6.42. The topological polar surface area (TPSA) is 33.3 Å². The fraction of sp³-hybridized carbons (Fsp3) is 0.500. The van der Waals surface area contributed by atoms with Crippen LogP contribution in [0.3, 0.4) is 0 Å². The monoisotopic (exact) mass is 206 g/mol. The maximum absolute atomic E-state index is 5.89. The van der Waals surface area contributed by atoms with Crippen LogP contribution in [-0.4, -0.2) is 26.2 Å². The Morgan fingerprint density at radius 1 is 1.20 bits per heavy atom. The predicted octanol–water partition coefficient (Wildman–Crippen LogP) is 1.86. The molecular formula is C12H18N2O. The molecule has 3 heteroatoms. The minimum absolute atomic E-state index is 0.381. The van der Waals surface area contributed by atoms with Gasteiger partial charge in [0.1, 0.15) is 11.9 Å². The first-order chi connectivity index (χ1) is 7.38. The molecule has 82 valence electrons. The summed E-state index contributed by atoms with van der Waals surface area (Å²) in [5.74, 6) is 0.973. The van der Waals surface area contributed by atoms with Crippen LogP contribution in [0, 0.1) is 0 Å². The number of ether oxygens (including phenoxy) is 1. The van der Waals surface area contributed by atoms with E-state index in [2.05, 4.69) is 10.6 Å². The van der Waals surface area contributed by atoms with Crippen molar-refractivity contribution in [3.05, 3.63) is 24.3 Å². The Bertz CT molecular complexity index is 291. The van der Waals surface area contributed by atoms with Gasteiger partial charge in [0.2, 0.25) is 0 Å². The van der Waals surface area contributed by atoms with E-state index in [0.29, 0.717) is 6.10 Å². The largest absolute Gasteiger partial charge is 0.490 e. The van der Waals surface area contributed by atoms with E-state index in [4.69, 9.17) is 4.74 Å². The molecule has 0 amide bonds. The highest BCUT2D eigenvalue weighted by molar-refractivity contribution is 5.45. The number of rotatable bonds is 3. The Balaban J connectivity index is 1.91. The second kappa shape index (κ2) is 5.03. The minimum atomic E-state index is 0.381. The van der Waals surface area contributed by atoms with Crippen LogP contribution in [0.25, 0.3) is 0 Å². The van der Waals surface area contributed by atoms with Gasteiger partial charge in [0, 0.05) is 12.7 Å². The zero-order valence-corrected chi connectivity index (χ0v) is 9.12. The fourth-order valence-electron chi connectivity index (χ4n) is 1.81. The van der Waals surface area contributed by atoms with Gasteiger partial charge in [-0.2, -0.15) is 0 Å². The van der Waals surface area contributed by atoms with E-state index in [1.54, 1.807) is 0 Å². The van der Waals surface area contributed by atoms with Crippen molar-refractivity contribution in [1.82, 2.24) is 5.32 Å². The van der Waals surface area contributed by atoms with Crippen LogP contribution in [0.15, 0.2) is 24.3 Å². The molecule has 0 bridgehead atoms. The molecule has 2 rings (SSSR count). The molecular weight excluding hydrogens is 188 g/mol. The van der Waals surface area contributed by atoms with Crippen LogP contribution in [0.1, 0.15) is 12.8 Å². The number of anilines is 1. The van der Waals surface area contributed by atoms with Crippen LogP contribution in [0.4, 0.5) is 5.69 Å². The molecule has 1 aliphatic heterocycles. The van der Waals surface area contributed by atoms with Crippen LogP contribution in [-0.2, 0) is 0 Å². The molecule has 0 aromatic heterocycles. The van der Waals surface area contributed by atoms with E-state index in [0.717, 1.165) is 37.4 Å². The fourth-order valence-corrected chi connectivity index (χ4v) is 1.81. The van der Waals surface area contributed by atoms with Gasteiger partial charge in [0.15, 0.2) is 0 Å². The molecule has 1 aromatic carbocycles. The first-order valence-corrected chi connectivity index (χ1v) is 5.53. The summed E-state index contributed by atoms with van der Waals surface area (Å²) in [6, 6.07) is 8.12. The van der Waals surface area contributed by atoms with Gasteiger partial charge in [-0.15, -0.1) is 0 Å². The van der Waals surface area contributed by atoms with E-state index in [1.807, 2.05) is 31.3 Å². The van der Waals surface area contributed by atoms with Gasteiger partial charge < -0.3 is 15.4 Å². The lowest BCUT2D eigenvalue weighted by molar-refractivity contribution is 0.162. The van der Waals surface area contributed by atoms with Gasteiger partial charge in [0.05, 0.1) is 0 Å². The number of nitrogens with one attached hydrogen (secondary N) is 2. The van der Waals surface area contributed by atoms with Gasteiger partial charge >= 0.3 is 0 Å². The molecule has 2 N–H and O–H groups in total. The highest BCUT2D eigenvalue weighted by Crippen LogP contribution is 2.18. The van der Waals surface area contributed by atoms with Crippen molar-refractivity contribution < 1.29 is 4.74 Å². The van der Waals surface area contributed by atoms with Crippen molar-refractivity contribution in [2.45, 2.75) is 18.9 Å². The van der Waals surface area contributed by atoms with Crippen molar-refractivity contribution in [3.63, 3.8) is 0 Å². The summed E-state index contributed by atoms with van der Waals surface area (Å²) < 4.78 is 5.89. The number of benzene rings is 1.